The summed E-state index contributed by atoms with van der Waals surface area (Å²) >= 11 is 0. The quantitative estimate of drug-likeness (QED) is 0.771. The molecule has 1 aromatic heterocycles. The fourth-order valence-corrected chi connectivity index (χ4v) is 2.13. The van der Waals surface area contributed by atoms with E-state index < -0.39 is 0 Å². The van der Waals surface area contributed by atoms with Gasteiger partial charge in [-0.2, -0.15) is 0 Å². The first kappa shape index (κ1) is 12.1. The molecule has 1 unspecified atom stereocenters. The molecule has 1 fully saturated rings. The molecule has 1 aliphatic heterocycles. The van der Waals surface area contributed by atoms with Crippen molar-refractivity contribution in [1.82, 2.24) is 10.2 Å². The summed E-state index contributed by atoms with van der Waals surface area (Å²) in [6, 6.07) is 3.87. The summed E-state index contributed by atoms with van der Waals surface area (Å²) in [4.78, 5) is 14.0. The minimum atomic E-state index is 0.132. The molecular formula is C12H19N3O2. The van der Waals surface area contributed by atoms with E-state index in [4.69, 9.17) is 10.2 Å². The molecule has 0 bridgehead atoms. The molecule has 2 rings (SSSR count). The Morgan fingerprint density at radius 3 is 3.24 bits per heavy atom. The maximum Gasteiger partial charge on any atom is 0.223 e. The van der Waals surface area contributed by atoms with Crippen LogP contribution in [0, 0.1) is 0 Å². The van der Waals surface area contributed by atoms with Gasteiger partial charge in [0.15, 0.2) is 0 Å². The van der Waals surface area contributed by atoms with Crippen LogP contribution in [0.5, 0.6) is 0 Å². The Balaban J connectivity index is 1.85. The highest BCUT2D eigenvalue weighted by Gasteiger charge is 2.24. The van der Waals surface area contributed by atoms with Gasteiger partial charge in [-0.05, 0) is 12.1 Å². The topological polar surface area (TPSA) is 71.5 Å². The number of carbonyl (C=O) groups is 1. The van der Waals surface area contributed by atoms with E-state index in [1.807, 2.05) is 17.0 Å². The molecule has 0 spiro atoms. The number of aryl methyl sites for hydroxylation is 1. The van der Waals surface area contributed by atoms with Crippen molar-refractivity contribution in [2.24, 2.45) is 5.73 Å². The number of piperazine rings is 1. The predicted octanol–water partition coefficient (Wildman–Crippen LogP) is -0.0287. The summed E-state index contributed by atoms with van der Waals surface area (Å²) < 4.78 is 5.22. The zero-order chi connectivity index (χ0) is 12.1. The lowest BCUT2D eigenvalue weighted by Gasteiger charge is -2.35. The molecule has 2 heterocycles. The number of rotatable bonds is 4. The van der Waals surface area contributed by atoms with E-state index >= 15 is 0 Å². The molecule has 0 aromatic carbocycles. The molecule has 17 heavy (non-hydrogen) atoms. The zero-order valence-electron chi connectivity index (χ0n) is 9.89. The Morgan fingerprint density at radius 2 is 2.53 bits per heavy atom. The SMILES string of the molecule is NCC1CNCCN1C(=O)CCc1ccco1. The molecule has 0 aliphatic carbocycles. The summed E-state index contributed by atoms with van der Waals surface area (Å²) in [5.41, 5.74) is 5.67. The third-order valence-electron chi connectivity index (χ3n) is 3.11. The second-order valence-electron chi connectivity index (χ2n) is 4.26. The molecule has 5 heteroatoms. The molecule has 1 atom stereocenters. The Hall–Kier alpha value is -1.33. The lowest BCUT2D eigenvalue weighted by Crippen LogP contribution is -2.56. The minimum absolute atomic E-state index is 0.132. The Labute approximate surface area is 101 Å². The van der Waals surface area contributed by atoms with E-state index in [9.17, 15) is 4.79 Å². The van der Waals surface area contributed by atoms with Gasteiger partial charge in [0, 0.05) is 39.0 Å². The van der Waals surface area contributed by atoms with Crippen molar-refractivity contribution < 1.29 is 9.21 Å². The molecule has 0 radical (unpaired) electrons. The predicted molar refractivity (Wildman–Crippen MR) is 64.5 cm³/mol. The molecule has 94 valence electrons. The number of nitrogens with two attached hydrogens (primary N) is 1. The molecule has 1 amide bonds. The van der Waals surface area contributed by atoms with Gasteiger partial charge in [0.1, 0.15) is 5.76 Å². The summed E-state index contributed by atoms with van der Waals surface area (Å²) in [5, 5.41) is 3.25. The van der Waals surface area contributed by atoms with Crippen molar-refractivity contribution in [3.05, 3.63) is 24.2 Å². The van der Waals surface area contributed by atoms with Crippen LogP contribution in [0.2, 0.25) is 0 Å². The van der Waals surface area contributed by atoms with E-state index in [0.29, 0.717) is 19.4 Å². The van der Waals surface area contributed by atoms with Gasteiger partial charge in [0.05, 0.1) is 12.3 Å². The Bertz CT molecular complexity index is 351. The molecule has 5 nitrogen and oxygen atoms in total. The van der Waals surface area contributed by atoms with Gasteiger partial charge in [0.2, 0.25) is 5.91 Å². The summed E-state index contributed by atoms with van der Waals surface area (Å²) in [6.45, 7) is 2.91. The Kier molecular flexibility index (Phi) is 4.17. The second-order valence-corrected chi connectivity index (χ2v) is 4.26. The lowest BCUT2D eigenvalue weighted by atomic mass is 10.1. The van der Waals surface area contributed by atoms with Crippen LogP contribution in [0.4, 0.5) is 0 Å². The van der Waals surface area contributed by atoms with Crippen LogP contribution < -0.4 is 11.1 Å². The molecule has 3 N–H and O–H groups in total. The van der Waals surface area contributed by atoms with Crippen molar-refractivity contribution in [2.45, 2.75) is 18.9 Å². The monoisotopic (exact) mass is 237 g/mol. The third kappa shape index (κ3) is 3.08. The molecular weight excluding hydrogens is 218 g/mol. The summed E-state index contributed by atoms with van der Waals surface area (Å²) in [6.07, 6.45) is 2.78. The third-order valence-corrected chi connectivity index (χ3v) is 3.11. The van der Waals surface area contributed by atoms with Crippen LogP contribution in [0.25, 0.3) is 0 Å². The maximum absolute atomic E-state index is 12.1. The van der Waals surface area contributed by atoms with Gasteiger partial charge < -0.3 is 20.4 Å². The van der Waals surface area contributed by atoms with Gasteiger partial charge >= 0.3 is 0 Å². The molecule has 0 saturated carbocycles. The second kappa shape index (κ2) is 5.84. The molecule has 1 saturated heterocycles. The average molecular weight is 237 g/mol. The molecule has 1 aliphatic rings. The van der Waals surface area contributed by atoms with Gasteiger partial charge in [-0.25, -0.2) is 0 Å². The van der Waals surface area contributed by atoms with Crippen LogP contribution in [0.3, 0.4) is 0 Å². The number of nitrogens with one attached hydrogen (secondary N) is 1. The van der Waals surface area contributed by atoms with Crippen LogP contribution in [-0.2, 0) is 11.2 Å². The number of nitrogens with zero attached hydrogens (tertiary/aromatic N) is 1. The number of amides is 1. The fraction of sp³-hybridized carbons (Fsp3) is 0.583. The van der Waals surface area contributed by atoms with Crippen LogP contribution >= 0.6 is 0 Å². The van der Waals surface area contributed by atoms with Crippen molar-refractivity contribution in [1.29, 1.82) is 0 Å². The van der Waals surface area contributed by atoms with Crippen LogP contribution in [0.1, 0.15) is 12.2 Å². The largest absolute Gasteiger partial charge is 0.469 e. The van der Waals surface area contributed by atoms with Gasteiger partial charge in [-0.15, -0.1) is 0 Å². The number of furan rings is 1. The highest BCUT2D eigenvalue weighted by molar-refractivity contribution is 5.77. The summed E-state index contributed by atoms with van der Waals surface area (Å²) in [7, 11) is 0. The first-order valence-corrected chi connectivity index (χ1v) is 6.04. The van der Waals surface area contributed by atoms with E-state index in [1.165, 1.54) is 0 Å². The van der Waals surface area contributed by atoms with Gasteiger partial charge in [0.25, 0.3) is 0 Å². The summed E-state index contributed by atoms with van der Waals surface area (Å²) in [5.74, 6) is 1.02. The first-order chi connectivity index (χ1) is 8.31. The van der Waals surface area contributed by atoms with Gasteiger partial charge in [-0.1, -0.05) is 0 Å². The van der Waals surface area contributed by atoms with Crippen molar-refractivity contribution in [3.8, 4) is 0 Å². The van der Waals surface area contributed by atoms with E-state index in [0.717, 1.165) is 25.4 Å². The zero-order valence-corrected chi connectivity index (χ0v) is 9.89. The number of hydrogen-bond donors (Lipinski definition) is 2. The normalized spacial score (nSPS) is 20.5. The van der Waals surface area contributed by atoms with Crippen molar-refractivity contribution >= 4 is 5.91 Å². The van der Waals surface area contributed by atoms with Crippen LogP contribution in [0.15, 0.2) is 22.8 Å². The average Bonchev–Trinajstić information content (AvgIpc) is 2.89. The van der Waals surface area contributed by atoms with E-state index in [2.05, 4.69) is 5.32 Å². The number of hydrogen-bond acceptors (Lipinski definition) is 4. The highest BCUT2D eigenvalue weighted by Crippen LogP contribution is 2.09. The minimum Gasteiger partial charge on any atom is -0.469 e. The van der Waals surface area contributed by atoms with E-state index in [-0.39, 0.29) is 11.9 Å². The lowest BCUT2D eigenvalue weighted by molar-refractivity contribution is -0.134. The van der Waals surface area contributed by atoms with Crippen LogP contribution in [-0.4, -0.2) is 43.0 Å². The van der Waals surface area contributed by atoms with E-state index in [1.54, 1.807) is 6.26 Å². The highest BCUT2D eigenvalue weighted by atomic mass is 16.3. The first-order valence-electron chi connectivity index (χ1n) is 6.04. The number of carbonyl (C=O) groups excluding carboxylic acids is 1. The maximum atomic E-state index is 12.1. The fourth-order valence-electron chi connectivity index (χ4n) is 2.13. The molecule has 1 aromatic rings. The Morgan fingerprint density at radius 1 is 1.65 bits per heavy atom. The smallest absolute Gasteiger partial charge is 0.223 e. The standard InChI is InChI=1S/C12H19N3O2/c13-8-10-9-14-5-6-15(10)12(16)4-3-11-2-1-7-17-11/h1-2,7,10,14H,3-6,8-9,13H2. The van der Waals surface area contributed by atoms with Crippen molar-refractivity contribution in [2.75, 3.05) is 26.2 Å². The van der Waals surface area contributed by atoms with Gasteiger partial charge in [-0.3, -0.25) is 4.79 Å². The van der Waals surface area contributed by atoms with Crippen molar-refractivity contribution in [3.63, 3.8) is 0 Å².